The molecule has 0 radical (unpaired) electrons. The number of urea groups is 1. The van der Waals surface area contributed by atoms with Gasteiger partial charge in [0.2, 0.25) is 5.88 Å². The maximum absolute atomic E-state index is 12.1. The number of halogens is 1. The third-order valence-electron chi connectivity index (χ3n) is 4.31. The smallest absolute Gasteiger partial charge is 0.319 e. The van der Waals surface area contributed by atoms with E-state index in [0.717, 1.165) is 31.4 Å². The van der Waals surface area contributed by atoms with Crippen LogP contribution in [0.4, 0.5) is 10.5 Å². The van der Waals surface area contributed by atoms with Gasteiger partial charge in [-0.1, -0.05) is 29.3 Å². The standard InChI is InChI=1S/C19H22ClN3O2/c1-13-2-5-15(6-3-13)22-19(24)23-16-7-9-17(10-8-16)25-18-11-4-14(20)12-21-18/h2-6,11-12,16-17H,7-10H2,1H3,(H2,22,23,24). The molecule has 1 heterocycles. The van der Waals surface area contributed by atoms with Gasteiger partial charge in [0.1, 0.15) is 6.10 Å². The van der Waals surface area contributed by atoms with Crippen LogP contribution in [-0.2, 0) is 0 Å². The normalized spacial score (nSPS) is 19.9. The first-order chi connectivity index (χ1) is 12.1. The Hall–Kier alpha value is -2.27. The summed E-state index contributed by atoms with van der Waals surface area (Å²) in [6.07, 6.45) is 5.27. The van der Waals surface area contributed by atoms with E-state index in [2.05, 4.69) is 15.6 Å². The summed E-state index contributed by atoms with van der Waals surface area (Å²) in [5.41, 5.74) is 1.97. The first-order valence-electron chi connectivity index (χ1n) is 8.51. The van der Waals surface area contributed by atoms with Crippen LogP contribution >= 0.6 is 11.6 Å². The molecule has 2 aromatic rings. The summed E-state index contributed by atoms with van der Waals surface area (Å²) in [6.45, 7) is 2.02. The van der Waals surface area contributed by atoms with E-state index in [1.54, 1.807) is 18.3 Å². The number of amides is 2. The number of pyridine rings is 1. The first kappa shape index (κ1) is 17.5. The summed E-state index contributed by atoms with van der Waals surface area (Å²) >= 11 is 5.82. The van der Waals surface area contributed by atoms with Crippen molar-refractivity contribution >= 4 is 23.3 Å². The molecule has 1 aromatic heterocycles. The summed E-state index contributed by atoms with van der Waals surface area (Å²) in [4.78, 5) is 16.3. The number of hydrogen-bond donors (Lipinski definition) is 2. The van der Waals surface area contributed by atoms with Crippen molar-refractivity contribution in [1.82, 2.24) is 10.3 Å². The number of carbonyl (C=O) groups is 1. The van der Waals surface area contributed by atoms with Crippen LogP contribution in [0.1, 0.15) is 31.2 Å². The highest BCUT2D eigenvalue weighted by molar-refractivity contribution is 6.30. The molecular weight excluding hydrogens is 338 g/mol. The number of carbonyl (C=O) groups excluding carboxylic acids is 1. The summed E-state index contributed by atoms with van der Waals surface area (Å²) in [7, 11) is 0. The second kappa shape index (κ2) is 8.21. The van der Waals surface area contributed by atoms with Crippen molar-refractivity contribution in [3.05, 3.63) is 53.2 Å². The molecule has 1 aliphatic carbocycles. The molecule has 2 amide bonds. The third kappa shape index (κ3) is 5.36. The molecule has 0 aliphatic heterocycles. The predicted octanol–water partition coefficient (Wildman–Crippen LogP) is 4.56. The minimum Gasteiger partial charge on any atom is -0.474 e. The van der Waals surface area contributed by atoms with Gasteiger partial charge in [0.05, 0.1) is 5.02 Å². The molecule has 0 spiro atoms. The molecule has 3 rings (SSSR count). The zero-order chi connectivity index (χ0) is 17.6. The predicted molar refractivity (Wildman–Crippen MR) is 99.3 cm³/mol. The minimum atomic E-state index is -0.160. The van der Waals surface area contributed by atoms with Crippen molar-refractivity contribution < 1.29 is 9.53 Å². The van der Waals surface area contributed by atoms with Crippen LogP contribution in [0.5, 0.6) is 5.88 Å². The topological polar surface area (TPSA) is 63.2 Å². The van der Waals surface area contributed by atoms with Crippen molar-refractivity contribution in [2.75, 3.05) is 5.32 Å². The molecule has 25 heavy (non-hydrogen) atoms. The van der Waals surface area contributed by atoms with Crippen LogP contribution in [0.2, 0.25) is 5.02 Å². The van der Waals surface area contributed by atoms with Crippen molar-refractivity contribution in [2.45, 2.75) is 44.8 Å². The minimum absolute atomic E-state index is 0.131. The lowest BCUT2D eigenvalue weighted by atomic mass is 9.93. The highest BCUT2D eigenvalue weighted by atomic mass is 35.5. The number of aromatic nitrogens is 1. The fourth-order valence-corrected chi connectivity index (χ4v) is 3.03. The Morgan fingerprint density at radius 2 is 1.84 bits per heavy atom. The Morgan fingerprint density at radius 3 is 2.48 bits per heavy atom. The molecule has 1 aliphatic rings. The molecule has 2 N–H and O–H groups in total. The van der Waals surface area contributed by atoms with Gasteiger partial charge in [0.25, 0.3) is 0 Å². The van der Waals surface area contributed by atoms with Crippen LogP contribution in [0.15, 0.2) is 42.6 Å². The molecule has 0 saturated heterocycles. The van der Waals surface area contributed by atoms with E-state index in [1.165, 1.54) is 5.56 Å². The van der Waals surface area contributed by atoms with Gasteiger partial charge in [-0.15, -0.1) is 0 Å². The molecule has 0 unspecified atom stereocenters. The van der Waals surface area contributed by atoms with Gasteiger partial charge in [-0.05, 0) is 50.8 Å². The van der Waals surface area contributed by atoms with Crippen LogP contribution < -0.4 is 15.4 Å². The quantitative estimate of drug-likeness (QED) is 0.841. The van der Waals surface area contributed by atoms with E-state index in [4.69, 9.17) is 16.3 Å². The second-order valence-electron chi connectivity index (χ2n) is 6.37. The molecule has 6 heteroatoms. The number of ether oxygens (including phenoxy) is 1. The van der Waals surface area contributed by atoms with Crippen LogP contribution in [-0.4, -0.2) is 23.2 Å². The lowest BCUT2D eigenvalue weighted by Crippen LogP contribution is -2.41. The molecule has 1 aromatic carbocycles. The van der Waals surface area contributed by atoms with Crippen molar-refractivity contribution in [3.63, 3.8) is 0 Å². The first-order valence-corrected chi connectivity index (χ1v) is 8.89. The zero-order valence-corrected chi connectivity index (χ0v) is 14.9. The van der Waals surface area contributed by atoms with Gasteiger partial charge in [-0.2, -0.15) is 0 Å². The number of rotatable bonds is 4. The molecule has 132 valence electrons. The number of aryl methyl sites for hydroxylation is 1. The SMILES string of the molecule is Cc1ccc(NC(=O)NC2CCC(Oc3ccc(Cl)cn3)CC2)cc1. The van der Waals surface area contributed by atoms with E-state index in [-0.39, 0.29) is 18.2 Å². The average Bonchev–Trinajstić information content (AvgIpc) is 2.61. The number of nitrogens with zero attached hydrogens (tertiary/aromatic N) is 1. The maximum Gasteiger partial charge on any atom is 0.319 e. The van der Waals surface area contributed by atoms with Crippen LogP contribution in [0.3, 0.4) is 0 Å². The second-order valence-corrected chi connectivity index (χ2v) is 6.81. The number of anilines is 1. The van der Waals surface area contributed by atoms with E-state index in [9.17, 15) is 4.79 Å². The van der Waals surface area contributed by atoms with E-state index >= 15 is 0 Å². The summed E-state index contributed by atoms with van der Waals surface area (Å²) in [5, 5.41) is 6.50. The van der Waals surface area contributed by atoms with Gasteiger partial charge >= 0.3 is 6.03 Å². The largest absolute Gasteiger partial charge is 0.474 e. The Bertz CT molecular complexity index is 696. The fraction of sp³-hybridized carbons (Fsp3) is 0.368. The molecule has 1 saturated carbocycles. The fourth-order valence-electron chi connectivity index (χ4n) is 2.92. The van der Waals surface area contributed by atoms with Gasteiger partial charge in [0.15, 0.2) is 0 Å². The maximum atomic E-state index is 12.1. The van der Waals surface area contributed by atoms with E-state index < -0.39 is 0 Å². The van der Waals surface area contributed by atoms with Crippen LogP contribution in [0.25, 0.3) is 0 Å². The summed E-state index contributed by atoms with van der Waals surface area (Å²) in [6, 6.07) is 11.3. The highest BCUT2D eigenvalue weighted by Gasteiger charge is 2.23. The lowest BCUT2D eigenvalue weighted by Gasteiger charge is -2.29. The van der Waals surface area contributed by atoms with Gasteiger partial charge < -0.3 is 15.4 Å². The molecule has 0 bridgehead atoms. The lowest BCUT2D eigenvalue weighted by molar-refractivity contribution is 0.135. The number of nitrogens with one attached hydrogen (secondary N) is 2. The summed E-state index contributed by atoms with van der Waals surface area (Å²) in [5.74, 6) is 0.595. The number of hydrogen-bond acceptors (Lipinski definition) is 3. The molecule has 0 atom stereocenters. The van der Waals surface area contributed by atoms with Crippen molar-refractivity contribution in [3.8, 4) is 5.88 Å². The van der Waals surface area contributed by atoms with E-state index in [1.807, 2.05) is 31.2 Å². The van der Waals surface area contributed by atoms with Crippen LogP contribution in [0, 0.1) is 6.92 Å². The summed E-state index contributed by atoms with van der Waals surface area (Å²) < 4.78 is 5.87. The Labute approximate surface area is 152 Å². The third-order valence-corrected chi connectivity index (χ3v) is 4.53. The Morgan fingerprint density at radius 1 is 1.12 bits per heavy atom. The molecule has 5 nitrogen and oxygen atoms in total. The monoisotopic (exact) mass is 359 g/mol. The van der Waals surface area contributed by atoms with Gasteiger partial charge in [-0.25, -0.2) is 9.78 Å². The van der Waals surface area contributed by atoms with Crippen molar-refractivity contribution in [1.29, 1.82) is 0 Å². The van der Waals surface area contributed by atoms with Gasteiger partial charge in [0, 0.05) is 24.0 Å². The Balaban J connectivity index is 1.42. The number of benzene rings is 1. The zero-order valence-electron chi connectivity index (χ0n) is 14.2. The Kier molecular flexibility index (Phi) is 5.76. The van der Waals surface area contributed by atoms with E-state index in [0.29, 0.717) is 10.9 Å². The molecular formula is C19H22ClN3O2. The molecule has 1 fully saturated rings. The highest BCUT2D eigenvalue weighted by Crippen LogP contribution is 2.23. The average molecular weight is 360 g/mol. The van der Waals surface area contributed by atoms with Gasteiger partial charge in [-0.3, -0.25) is 0 Å². The van der Waals surface area contributed by atoms with Crippen molar-refractivity contribution in [2.24, 2.45) is 0 Å².